The van der Waals surface area contributed by atoms with Gasteiger partial charge in [-0.2, -0.15) is 0 Å². The molecule has 0 unspecified atom stereocenters. The van der Waals surface area contributed by atoms with E-state index in [0.29, 0.717) is 0 Å². The maximum Gasteiger partial charge on any atom is 0.134 e. The van der Waals surface area contributed by atoms with Gasteiger partial charge in [-0.15, -0.1) is 0 Å². The summed E-state index contributed by atoms with van der Waals surface area (Å²) in [6.07, 6.45) is 1.83. The maximum atomic E-state index is 5.35. The van der Waals surface area contributed by atoms with Crippen molar-refractivity contribution >= 4 is 17.3 Å². The van der Waals surface area contributed by atoms with Gasteiger partial charge in [0, 0.05) is 24.8 Å². The molecular weight excluding hydrogens is 266 g/mol. The number of nitrogens with zero attached hydrogens (tertiary/aromatic N) is 4. The van der Waals surface area contributed by atoms with E-state index in [1.807, 2.05) is 38.2 Å². The van der Waals surface area contributed by atoms with Crippen molar-refractivity contribution in [1.29, 1.82) is 0 Å². The van der Waals surface area contributed by atoms with Crippen molar-refractivity contribution in [1.82, 2.24) is 15.0 Å². The first-order valence-electron chi connectivity index (χ1n) is 7.09. The Morgan fingerprint density at radius 3 is 2.62 bits per heavy atom. The van der Waals surface area contributed by atoms with Crippen LogP contribution < -0.4 is 10.2 Å². The van der Waals surface area contributed by atoms with E-state index in [-0.39, 0.29) is 0 Å². The highest BCUT2D eigenvalue weighted by molar-refractivity contribution is 5.57. The number of pyridine rings is 1. The number of hydrogen-bond donors (Lipinski definition) is 1. The fourth-order valence-corrected chi connectivity index (χ4v) is 2.37. The molecule has 6 nitrogen and oxygen atoms in total. The van der Waals surface area contributed by atoms with Crippen molar-refractivity contribution in [2.45, 2.75) is 13.8 Å². The summed E-state index contributed by atoms with van der Waals surface area (Å²) in [4.78, 5) is 15.4. The van der Waals surface area contributed by atoms with Crippen LogP contribution in [0.15, 0.2) is 24.4 Å². The van der Waals surface area contributed by atoms with Gasteiger partial charge >= 0.3 is 0 Å². The molecule has 1 saturated heterocycles. The van der Waals surface area contributed by atoms with Gasteiger partial charge in [0.25, 0.3) is 0 Å². The van der Waals surface area contributed by atoms with Gasteiger partial charge in [-0.25, -0.2) is 15.0 Å². The molecule has 110 valence electrons. The lowest BCUT2D eigenvalue weighted by Gasteiger charge is -2.27. The summed E-state index contributed by atoms with van der Waals surface area (Å²) in [5.74, 6) is 2.54. The molecule has 1 fully saturated rings. The predicted molar refractivity (Wildman–Crippen MR) is 82.1 cm³/mol. The zero-order valence-electron chi connectivity index (χ0n) is 12.3. The molecular formula is C15H19N5O. The third-order valence-corrected chi connectivity index (χ3v) is 3.32. The first-order valence-corrected chi connectivity index (χ1v) is 7.09. The Hall–Kier alpha value is -2.21. The highest BCUT2D eigenvalue weighted by atomic mass is 16.5. The minimum absolute atomic E-state index is 0.760. The molecule has 1 aliphatic rings. The molecule has 0 saturated carbocycles. The van der Waals surface area contributed by atoms with E-state index < -0.39 is 0 Å². The lowest BCUT2D eigenvalue weighted by molar-refractivity contribution is 0.122. The number of rotatable bonds is 3. The van der Waals surface area contributed by atoms with Crippen LogP contribution in [0, 0.1) is 13.8 Å². The molecule has 0 bridgehead atoms. The molecule has 0 aliphatic carbocycles. The Morgan fingerprint density at radius 1 is 1.14 bits per heavy atom. The SMILES string of the molecule is Cc1cc(Nc2ccc(N3CCOCC3)nc2)nc(C)n1. The number of anilines is 3. The topological polar surface area (TPSA) is 63.2 Å². The van der Waals surface area contributed by atoms with Crippen LogP contribution in [0.4, 0.5) is 17.3 Å². The number of aromatic nitrogens is 3. The Kier molecular flexibility index (Phi) is 3.96. The zero-order valence-corrected chi connectivity index (χ0v) is 12.3. The molecule has 0 amide bonds. The van der Waals surface area contributed by atoms with E-state index in [0.717, 1.165) is 55.1 Å². The Labute approximate surface area is 124 Å². The van der Waals surface area contributed by atoms with Gasteiger partial charge in [0.05, 0.1) is 25.1 Å². The molecule has 0 radical (unpaired) electrons. The van der Waals surface area contributed by atoms with Crippen LogP contribution in [0.2, 0.25) is 0 Å². The highest BCUT2D eigenvalue weighted by Gasteiger charge is 2.12. The molecule has 21 heavy (non-hydrogen) atoms. The van der Waals surface area contributed by atoms with Crippen LogP contribution in [0.1, 0.15) is 11.5 Å². The molecule has 3 rings (SSSR count). The van der Waals surface area contributed by atoms with Crippen LogP contribution in [-0.2, 0) is 4.74 Å². The second kappa shape index (κ2) is 6.05. The molecule has 6 heteroatoms. The minimum atomic E-state index is 0.760. The molecule has 0 spiro atoms. The summed E-state index contributed by atoms with van der Waals surface area (Å²) in [7, 11) is 0. The average Bonchev–Trinajstić information content (AvgIpc) is 2.48. The van der Waals surface area contributed by atoms with Gasteiger partial charge in [-0.3, -0.25) is 0 Å². The average molecular weight is 285 g/mol. The van der Waals surface area contributed by atoms with Crippen molar-refractivity contribution in [3.8, 4) is 0 Å². The van der Waals surface area contributed by atoms with E-state index in [2.05, 4.69) is 25.2 Å². The number of ether oxygens (including phenoxy) is 1. The first-order chi connectivity index (χ1) is 10.2. The van der Waals surface area contributed by atoms with Gasteiger partial charge in [-0.05, 0) is 26.0 Å². The quantitative estimate of drug-likeness (QED) is 0.931. The van der Waals surface area contributed by atoms with Crippen molar-refractivity contribution in [3.05, 3.63) is 35.9 Å². The summed E-state index contributed by atoms with van der Waals surface area (Å²) >= 11 is 0. The molecule has 1 aliphatic heterocycles. The van der Waals surface area contributed by atoms with Gasteiger partial charge in [0.1, 0.15) is 17.5 Å². The molecule has 2 aromatic rings. The predicted octanol–water partition coefficient (Wildman–Crippen LogP) is 2.07. The Bertz CT molecular complexity index is 588. The second-order valence-corrected chi connectivity index (χ2v) is 5.07. The summed E-state index contributed by atoms with van der Waals surface area (Å²) in [5.41, 5.74) is 1.87. The molecule has 1 N–H and O–H groups in total. The second-order valence-electron chi connectivity index (χ2n) is 5.07. The summed E-state index contributed by atoms with van der Waals surface area (Å²) in [5, 5.41) is 3.26. The van der Waals surface area contributed by atoms with E-state index in [4.69, 9.17) is 4.74 Å². The normalized spacial score (nSPS) is 15.0. The summed E-state index contributed by atoms with van der Waals surface area (Å²) in [6, 6.07) is 5.96. The number of hydrogen-bond acceptors (Lipinski definition) is 6. The lowest BCUT2D eigenvalue weighted by atomic mass is 10.3. The van der Waals surface area contributed by atoms with Crippen molar-refractivity contribution in [2.75, 3.05) is 36.5 Å². The number of morpholine rings is 1. The van der Waals surface area contributed by atoms with Crippen LogP contribution in [0.25, 0.3) is 0 Å². The fourth-order valence-electron chi connectivity index (χ4n) is 2.37. The van der Waals surface area contributed by atoms with Crippen molar-refractivity contribution in [3.63, 3.8) is 0 Å². The molecule has 0 atom stereocenters. The maximum absolute atomic E-state index is 5.35. The van der Waals surface area contributed by atoms with E-state index in [1.165, 1.54) is 0 Å². The van der Waals surface area contributed by atoms with Crippen LogP contribution in [-0.4, -0.2) is 41.3 Å². The summed E-state index contributed by atoms with van der Waals surface area (Å²) < 4.78 is 5.35. The van der Waals surface area contributed by atoms with Crippen molar-refractivity contribution in [2.24, 2.45) is 0 Å². The Morgan fingerprint density at radius 2 is 1.95 bits per heavy atom. The Balaban J connectivity index is 1.71. The van der Waals surface area contributed by atoms with Crippen molar-refractivity contribution < 1.29 is 4.74 Å². The zero-order chi connectivity index (χ0) is 14.7. The van der Waals surface area contributed by atoms with Crippen LogP contribution >= 0.6 is 0 Å². The van der Waals surface area contributed by atoms with Gasteiger partial charge < -0.3 is 15.0 Å². The molecule has 0 aromatic carbocycles. The van der Waals surface area contributed by atoms with Crippen LogP contribution in [0.5, 0.6) is 0 Å². The van der Waals surface area contributed by atoms with Crippen LogP contribution in [0.3, 0.4) is 0 Å². The molecule has 2 aromatic heterocycles. The highest BCUT2D eigenvalue weighted by Crippen LogP contribution is 2.18. The van der Waals surface area contributed by atoms with E-state index in [9.17, 15) is 0 Å². The minimum Gasteiger partial charge on any atom is -0.378 e. The smallest absolute Gasteiger partial charge is 0.134 e. The largest absolute Gasteiger partial charge is 0.378 e. The first kappa shape index (κ1) is 13.8. The lowest BCUT2D eigenvalue weighted by Crippen LogP contribution is -2.36. The fraction of sp³-hybridized carbons (Fsp3) is 0.400. The number of aryl methyl sites for hydroxylation is 2. The van der Waals surface area contributed by atoms with E-state index in [1.54, 1.807) is 0 Å². The number of nitrogens with one attached hydrogen (secondary N) is 1. The van der Waals surface area contributed by atoms with Gasteiger partial charge in [0.2, 0.25) is 0 Å². The molecule has 3 heterocycles. The van der Waals surface area contributed by atoms with Gasteiger partial charge in [0.15, 0.2) is 0 Å². The van der Waals surface area contributed by atoms with E-state index >= 15 is 0 Å². The standard InChI is InChI=1S/C15H19N5O/c1-11-9-14(18-12(2)17-11)19-13-3-4-15(16-10-13)20-5-7-21-8-6-20/h3-4,9-10H,5-8H2,1-2H3,(H,17,18,19). The third-order valence-electron chi connectivity index (χ3n) is 3.32. The summed E-state index contributed by atoms with van der Waals surface area (Å²) in [6.45, 7) is 7.16. The third kappa shape index (κ3) is 3.46. The van der Waals surface area contributed by atoms with Gasteiger partial charge in [-0.1, -0.05) is 0 Å². The monoisotopic (exact) mass is 285 g/mol.